The largest absolute Gasteiger partial charge is 0.485 e. The molecule has 0 amide bonds. The van der Waals surface area contributed by atoms with Crippen molar-refractivity contribution in [3.63, 3.8) is 0 Å². The molecule has 7 nitrogen and oxygen atoms in total. The van der Waals surface area contributed by atoms with Crippen LogP contribution in [0.4, 0.5) is 11.4 Å². The van der Waals surface area contributed by atoms with Crippen LogP contribution in [0, 0.1) is 6.92 Å². The third-order valence-electron chi connectivity index (χ3n) is 6.20. The number of ether oxygens (including phenoxy) is 1. The Balaban J connectivity index is 1.41. The Bertz CT molecular complexity index is 1300. The molecule has 4 rings (SSSR count). The van der Waals surface area contributed by atoms with E-state index < -0.39 is 22.8 Å². The molecule has 1 unspecified atom stereocenters. The summed E-state index contributed by atoms with van der Waals surface area (Å²) < 4.78 is 36.0. The fourth-order valence-electron chi connectivity index (χ4n) is 3.86. The fourth-order valence-corrected chi connectivity index (χ4v) is 4.80. The van der Waals surface area contributed by atoms with Gasteiger partial charge in [0.25, 0.3) is 10.1 Å². The number of nitrogens with one attached hydrogen (secondary N) is 1. The van der Waals surface area contributed by atoms with E-state index >= 15 is 0 Å². The van der Waals surface area contributed by atoms with E-state index in [1.807, 2.05) is 19.1 Å². The van der Waals surface area contributed by atoms with Crippen molar-refractivity contribution in [2.75, 3.05) is 37.0 Å². The zero-order valence-electron chi connectivity index (χ0n) is 20.7. The van der Waals surface area contributed by atoms with E-state index in [0.717, 1.165) is 28.9 Å². The molecule has 0 fully saturated rings. The summed E-state index contributed by atoms with van der Waals surface area (Å²) in [6.07, 6.45) is 3.33. The predicted octanol–water partition coefficient (Wildman–Crippen LogP) is 4.78. The minimum absolute atomic E-state index is 0.00496. The molecule has 2 atom stereocenters. The quantitative estimate of drug-likeness (QED) is 0.381. The molecule has 1 heterocycles. The van der Waals surface area contributed by atoms with Crippen LogP contribution in [0.1, 0.15) is 29.7 Å². The van der Waals surface area contributed by atoms with E-state index in [2.05, 4.69) is 60.6 Å². The van der Waals surface area contributed by atoms with Gasteiger partial charge in [-0.2, -0.15) is 8.42 Å². The van der Waals surface area contributed by atoms with E-state index in [9.17, 15) is 13.5 Å². The first-order chi connectivity index (χ1) is 17.3. The van der Waals surface area contributed by atoms with E-state index in [0.29, 0.717) is 5.75 Å². The van der Waals surface area contributed by atoms with E-state index in [4.69, 9.17) is 8.92 Å². The summed E-state index contributed by atoms with van der Waals surface area (Å²) in [4.78, 5) is 2.25. The van der Waals surface area contributed by atoms with Crippen molar-refractivity contribution < 1.29 is 22.4 Å². The van der Waals surface area contributed by atoms with Crippen molar-refractivity contribution in [3.8, 4) is 5.75 Å². The van der Waals surface area contributed by atoms with Crippen LogP contribution in [-0.2, 0) is 14.3 Å². The van der Waals surface area contributed by atoms with Gasteiger partial charge < -0.3 is 20.1 Å². The van der Waals surface area contributed by atoms with Gasteiger partial charge in [-0.3, -0.25) is 4.18 Å². The molecule has 0 bridgehead atoms. The molecule has 0 aromatic heterocycles. The first kappa shape index (κ1) is 25.8. The Morgan fingerprint density at radius 1 is 1.06 bits per heavy atom. The number of hydrogen-bond acceptors (Lipinski definition) is 7. The van der Waals surface area contributed by atoms with Crippen molar-refractivity contribution in [1.82, 2.24) is 0 Å². The average Bonchev–Trinajstić information content (AvgIpc) is 2.90. The molecular formula is C28H32N2O5S. The highest BCUT2D eigenvalue weighted by Crippen LogP contribution is 2.33. The average molecular weight is 509 g/mol. The summed E-state index contributed by atoms with van der Waals surface area (Å²) in [7, 11) is -1.89. The molecule has 0 spiro atoms. The van der Waals surface area contributed by atoms with Gasteiger partial charge in [-0.15, -0.1) is 0 Å². The van der Waals surface area contributed by atoms with Crippen LogP contribution in [0.5, 0.6) is 5.75 Å². The number of nitrogens with zero attached hydrogens (tertiary/aromatic N) is 1. The Labute approximate surface area is 213 Å². The number of aliphatic hydroxyl groups excluding tert-OH is 1. The molecule has 1 aliphatic heterocycles. The number of aliphatic hydroxyl groups is 1. The second-order valence-corrected chi connectivity index (χ2v) is 10.4. The first-order valence-corrected chi connectivity index (χ1v) is 13.3. The summed E-state index contributed by atoms with van der Waals surface area (Å²) in [5.74, 6) is 0.505. The van der Waals surface area contributed by atoms with E-state index in [1.54, 1.807) is 18.2 Å². The zero-order valence-corrected chi connectivity index (χ0v) is 21.5. The lowest BCUT2D eigenvalue weighted by Crippen LogP contribution is -2.28. The summed E-state index contributed by atoms with van der Waals surface area (Å²) >= 11 is 0. The maximum absolute atomic E-state index is 12.5. The van der Waals surface area contributed by atoms with Gasteiger partial charge in [-0.1, -0.05) is 42.0 Å². The SMILES string of the molecule is CCN(C)c1ccc([C@@H]2C=Cc3ccc(OC(CO)COS(=O)(=O)c4ccc(C)cc4)cc3N2)cc1. The van der Waals surface area contributed by atoms with Gasteiger partial charge in [0.15, 0.2) is 0 Å². The third-order valence-corrected chi connectivity index (χ3v) is 7.49. The lowest BCUT2D eigenvalue weighted by atomic mass is 9.99. The molecule has 0 saturated carbocycles. The highest BCUT2D eigenvalue weighted by atomic mass is 32.2. The van der Waals surface area contributed by atoms with Crippen LogP contribution < -0.4 is 15.0 Å². The Hall–Kier alpha value is -3.33. The number of aryl methyl sites for hydroxylation is 1. The first-order valence-electron chi connectivity index (χ1n) is 11.9. The molecule has 3 aromatic rings. The van der Waals surface area contributed by atoms with Crippen LogP contribution in [0.2, 0.25) is 0 Å². The van der Waals surface area contributed by atoms with Crippen molar-refractivity contribution >= 4 is 27.6 Å². The summed E-state index contributed by atoms with van der Waals surface area (Å²) in [6, 6.07) is 20.4. The molecule has 36 heavy (non-hydrogen) atoms. The van der Waals surface area contributed by atoms with Gasteiger partial charge in [0.2, 0.25) is 0 Å². The number of anilines is 2. The van der Waals surface area contributed by atoms with Gasteiger partial charge in [0.05, 0.1) is 17.5 Å². The second-order valence-electron chi connectivity index (χ2n) is 8.81. The van der Waals surface area contributed by atoms with E-state index in [1.165, 1.54) is 17.8 Å². The molecule has 0 aliphatic carbocycles. The standard InChI is InChI=1S/C28H32N2O5S/c1-4-30(3)23-11-7-21(8-12-23)27-16-10-22-9-13-24(17-28(22)29-27)35-25(18-31)19-34-36(32,33)26-14-5-20(2)6-15-26/h5-17,25,27,29,31H,4,18-19H2,1-3H3/t25?,27-/m0/s1. The maximum Gasteiger partial charge on any atom is 0.297 e. The zero-order chi connectivity index (χ0) is 25.7. The molecule has 2 N–H and O–H groups in total. The minimum atomic E-state index is -3.95. The van der Waals surface area contributed by atoms with E-state index in [-0.39, 0.29) is 17.5 Å². The van der Waals surface area contributed by atoms with Crippen molar-refractivity contribution in [2.24, 2.45) is 0 Å². The maximum atomic E-state index is 12.5. The van der Waals surface area contributed by atoms with Crippen LogP contribution in [0.25, 0.3) is 6.08 Å². The monoisotopic (exact) mass is 508 g/mol. The predicted molar refractivity (Wildman–Crippen MR) is 143 cm³/mol. The Kier molecular flexibility index (Phi) is 7.98. The highest BCUT2D eigenvalue weighted by molar-refractivity contribution is 7.86. The van der Waals surface area contributed by atoms with Crippen LogP contribution in [-0.4, -0.2) is 46.4 Å². The van der Waals surface area contributed by atoms with Crippen molar-refractivity contribution in [3.05, 3.63) is 89.5 Å². The van der Waals surface area contributed by atoms with Crippen LogP contribution in [0.15, 0.2) is 77.7 Å². The second kappa shape index (κ2) is 11.2. The highest BCUT2D eigenvalue weighted by Gasteiger charge is 2.21. The smallest absolute Gasteiger partial charge is 0.297 e. The van der Waals surface area contributed by atoms with Crippen molar-refractivity contribution in [1.29, 1.82) is 0 Å². The normalized spacial score (nSPS) is 15.6. The molecule has 0 radical (unpaired) electrons. The lowest BCUT2D eigenvalue weighted by molar-refractivity contribution is 0.0741. The molecule has 0 saturated heterocycles. The molecule has 1 aliphatic rings. The van der Waals surface area contributed by atoms with Crippen LogP contribution >= 0.6 is 0 Å². The number of fused-ring (bicyclic) bond motifs is 1. The molecule has 8 heteroatoms. The molecule has 190 valence electrons. The van der Waals surface area contributed by atoms with Crippen molar-refractivity contribution in [2.45, 2.75) is 30.9 Å². The van der Waals surface area contributed by atoms with Crippen LogP contribution in [0.3, 0.4) is 0 Å². The van der Waals surface area contributed by atoms with Gasteiger partial charge in [-0.25, -0.2) is 0 Å². The lowest BCUT2D eigenvalue weighted by Gasteiger charge is -2.25. The third kappa shape index (κ3) is 6.07. The molecular weight excluding hydrogens is 476 g/mol. The van der Waals surface area contributed by atoms with Gasteiger partial charge in [-0.05, 0) is 61.4 Å². The Morgan fingerprint density at radius 3 is 2.44 bits per heavy atom. The summed E-state index contributed by atoms with van der Waals surface area (Å²) in [6.45, 7) is 4.23. The minimum Gasteiger partial charge on any atom is -0.485 e. The van der Waals surface area contributed by atoms with Gasteiger partial charge in [0.1, 0.15) is 18.5 Å². The summed E-state index contributed by atoms with van der Waals surface area (Å²) in [5, 5.41) is 13.3. The Morgan fingerprint density at radius 2 is 1.78 bits per heavy atom. The topological polar surface area (TPSA) is 88.1 Å². The number of rotatable bonds is 10. The number of hydrogen-bond donors (Lipinski definition) is 2. The van der Waals surface area contributed by atoms with Gasteiger partial charge in [0, 0.05) is 31.0 Å². The fraction of sp³-hybridized carbons (Fsp3) is 0.286. The molecule has 3 aromatic carbocycles. The summed E-state index contributed by atoms with van der Waals surface area (Å²) in [5.41, 5.74) is 5.15. The number of benzene rings is 3. The van der Waals surface area contributed by atoms with Gasteiger partial charge >= 0.3 is 0 Å².